The van der Waals surface area contributed by atoms with Crippen molar-refractivity contribution in [3.05, 3.63) is 0 Å². The lowest BCUT2D eigenvalue weighted by Crippen LogP contribution is -2.62. The van der Waals surface area contributed by atoms with Crippen LogP contribution in [0.5, 0.6) is 0 Å². The molecule has 0 radical (unpaired) electrons. The van der Waals surface area contributed by atoms with Crippen molar-refractivity contribution in [2.45, 2.75) is 186 Å². The monoisotopic (exact) mass is 1160 g/mol. The van der Waals surface area contributed by atoms with E-state index in [-0.39, 0.29) is 69.4 Å². The number of amides is 10. The zero-order valence-corrected chi connectivity index (χ0v) is 47.5. The average molecular weight is 1160 g/mol. The molecule has 0 aromatic rings. The van der Waals surface area contributed by atoms with Gasteiger partial charge in [0.2, 0.25) is 59.1 Å². The average Bonchev–Trinajstić information content (AvgIpc) is 3.35. The third-order valence-electron chi connectivity index (χ3n) is 11.9. The Bertz CT molecular complexity index is 2160. The highest BCUT2D eigenvalue weighted by Crippen LogP contribution is 2.11. The second kappa shape index (κ2) is 37.6. The van der Waals surface area contributed by atoms with Gasteiger partial charge in [0.1, 0.15) is 54.4 Å². The number of hydrogen-bond donors (Lipinski definition) is 19. The summed E-state index contributed by atoms with van der Waals surface area (Å²) in [7, 11) is 0. The fourth-order valence-electron chi connectivity index (χ4n) is 7.51. The van der Waals surface area contributed by atoms with Crippen molar-refractivity contribution in [2.75, 3.05) is 26.2 Å². The summed E-state index contributed by atoms with van der Waals surface area (Å²) in [6.07, 6.45) is -4.09. The first-order valence-electron chi connectivity index (χ1n) is 26.6. The Kier molecular flexibility index (Phi) is 34.2. The number of hydrogen-bond acceptors (Lipinski definition) is 18. The molecule has 32 nitrogen and oxygen atoms in total. The summed E-state index contributed by atoms with van der Waals surface area (Å²) in [6.45, 7) is 11.9. The summed E-state index contributed by atoms with van der Waals surface area (Å²) >= 11 is 0. The third-order valence-corrected chi connectivity index (χ3v) is 11.9. The molecule has 0 aromatic carbocycles. The quantitative estimate of drug-likeness (QED) is 0.0154. The van der Waals surface area contributed by atoms with Crippen LogP contribution in [0.4, 0.5) is 0 Å². The van der Waals surface area contributed by atoms with Gasteiger partial charge in [0.05, 0.1) is 37.8 Å². The first kappa shape index (κ1) is 73.7. The molecule has 462 valence electrons. The van der Waals surface area contributed by atoms with Crippen molar-refractivity contribution >= 4 is 77.0 Å². The lowest BCUT2D eigenvalue weighted by atomic mass is 9.99. The molecule has 0 aliphatic heterocycles. The van der Waals surface area contributed by atoms with Gasteiger partial charge >= 0.3 is 11.9 Å². The van der Waals surface area contributed by atoms with E-state index in [0.29, 0.717) is 6.42 Å². The molecule has 10 amide bonds. The van der Waals surface area contributed by atoms with Crippen molar-refractivity contribution < 1.29 is 83.1 Å². The van der Waals surface area contributed by atoms with Crippen molar-refractivity contribution in [3.63, 3.8) is 0 Å². The summed E-state index contributed by atoms with van der Waals surface area (Å²) < 4.78 is 0. The zero-order valence-electron chi connectivity index (χ0n) is 47.5. The van der Waals surface area contributed by atoms with Gasteiger partial charge in [-0.2, -0.15) is 0 Å². The van der Waals surface area contributed by atoms with Crippen molar-refractivity contribution in [3.8, 4) is 0 Å². The van der Waals surface area contributed by atoms with E-state index in [0.717, 1.165) is 6.92 Å². The number of aliphatic hydroxyl groups excluding tert-OH is 3. The van der Waals surface area contributed by atoms with E-state index >= 15 is 0 Å². The number of rotatable bonds is 39. The molecule has 0 fully saturated rings. The van der Waals surface area contributed by atoms with Gasteiger partial charge in [-0.15, -0.1) is 0 Å². The van der Waals surface area contributed by atoms with Crippen molar-refractivity contribution in [1.82, 2.24) is 53.2 Å². The van der Waals surface area contributed by atoms with Crippen LogP contribution in [0.3, 0.4) is 0 Å². The molecule has 0 rings (SSSR count). The van der Waals surface area contributed by atoms with Gasteiger partial charge in [0.25, 0.3) is 0 Å². The molecule has 0 aliphatic rings. The summed E-state index contributed by atoms with van der Waals surface area (Å²) in [5.41, 5.74) is 22.1. The van der Waals surface area contributed by atoms with E-state index in [9.17, 15) is 83.1 Å². The Morgan fingerprint density at radius 2 is 0.889 bits per heavy atom. The molecule has 23 N–H and O–H groups in total. The topological polar surface area (TPSA) is 543 Å². The highest BCUT2D eigenvalue weighted by atomic mass is 16.4. The summed E-state index contributed by atoms with van der Waals surface area (Å²) in [4.78, 5) is 162. The maximum atomic E-state index is 13.8. The molecule has 0 aromatic heterocycles. The van der Waals surface area contributed by atoms with Gasteiger partial charge < -0.3 is 102 Å². The van der Waals surface area contributed by atoms with Crippen LogP contribution in [0, 0.1) is 17.8 Å². The number of aliphatic carboxylic acids is 2. The normalized spacial score (nSPS) is 15.7. The summed E-state index contributed by atoms with van der Waals surface area (Å²) in [6, 6.07) is -15.3. The van der Waals surface area contributed by atoms with Crippen LogP contribution in [0.1, 0.15) is 114 Å². The molecule has 0 bridgehead atoms. The minimum absolute atomic E-state index is 0.0149. The molecule has 12 atom stereocenters. The first-order chi connectivity index (χ1) is 37.7. The largest absolute Gasteiger partial charge is 0.481 e. The minimum atomic E-state index is -2.02. The van der Waals surface area contributed by atoms with Gasteiger partial charge in [0.15, 0.2) is 5.96 Å². The maximum Gasteiger partial charge on any atom is 0.326 e. The molecular weight excluding hydrogens is 1070 g/mol. The van der Waals surface area contributed by atoms with Gasteiger partial charge in [-0.1, -0.05) is 41.5 Å². The lowest BCUT2D eigenvalue weighted by molar-refractivity contribution is -0.144. The predicted molar refractivity (Wildman–Crippen MR) is 291 cm³/mol. The first-order valence-corrected chi connectivity index (χ1v) is 26.6. The molecule has 0 unspecified atom stereocenters. The van der Waals surface area contributed by atoms with Crippen LogP contribution in [0.15, 0.2) is 4.99 Å². The molecule has 0 aliphatic carbocycles. The second-order valence-corrected chi connectivity index (χ2v) is 20.7. The van der Waals surface area contributed by atoms with E-state index in [4.69, 9.17) is 22.9 Å². The van der Waals surface area contributed by atoms with Gasteiger partial charge in [-0.05, 0) is 90.0 Å². The number of unbranched alkanes of at least 4 members (excludes halogenated alkanes) is 1. The molecule has 0 saturated carbocycles. The van der Waals surface area contributed by atoms with Crippen LogP contribution in [-0.4, -0.2) is 201 Å². The summed E-state index contributed by atoms with van der Waals surface area (Å²) in [5, 5.41) is 73.8. The molecule has 32 heteroatoms. The Morgan fingerprint density at radius 1 is 0.481 bits per heavy atom. The number of carbonyl (C=O) groups is 12. The maximum absolute atomic E-state index is 13.8. The number of aliphatic hydroxyl groups is 3. The Labute approximate surface area is 470 Å². The Morgan fingerprint density at radius 3 is 1.32 bits per heavy atom. The number of nitrogens with zero attached hydrogens (tertiary/aromatic N) is 1. The number of aliphatic imine (C=N–C) groups is 1. The van der Waals surface area contributed by atoms with Crippen LogP contribution >= 0.6 is 0 Å². The van der Waals surface area contributed by atoms with Gasteiger partial charge in [-0.25, -0.2) is 4.79 Å². The van der Waals surface area contributed by atoms with Crippen molar-refractivity contribution in [2.24, 2.45) is 45.7 Å². The molecule has 0 saturated heterocycles. The number of nitrogens with two attached hydrogens (primary N) is 4. The minimum Gasteiger partial charge on any atom is -0.481 e. The van der Waals surface area contributed by atoms with E-state index in [1.165, 1.54) is 13.8 Å². The smallest absolute Gasteiger partial charge is 0.326 e. The molecular formula is C49H89N15O17. The number of carboxylic acids is 2. The van der Waals surface area contributed by atoms with Gasteiger partial charge in [-0.3, -0.25) is 57.7 Å². The van der Waals surface area contributed by atoms with E-state index in [2.05, 4.69) is 58.2 Å². The molecule has 0 spiro atoms. The number of carbonyl (C=O) groups excluding carboxylic acids is 10. The SMILES string of the molecule is CC(C)C[C@H](NC(=O)[C@H](C)N)C(=O)N[C@@H](CO)C(=O)N[C@H](C(=O)N[C@@H](CC(=O)O)C(=O)N[C@@H](CCCN=C(N)N)C(=O)NCC(=O)N[C@@H](CCCCN)C(=O)N[C@H](C(=O)N[C@@H](CC(C)C)C(=O)N[C@H](C(=O)O)C(C)C)[C@@H](C)O)[C@@H](C)O. The Hall–Kier alpha value is -7.29. The number of guanidine groups is 1. The summed E-state index contributed by atoms with van der Waals surface area (Å²) in [5.74, 6) is -14.5. The van der Waals surface area contributed by atoms with Crippen LogP contribution in [0.25, 0.3) is 0 Å². The fraction of sp³-hybridized carbons (Fsp3) is 0.735. The zero-order chi connectivity index (χ0) is 62.4. The fourth-order valence-corrected chi connectivity index (χ4v) is 7.51. The van der Waals surface area contributed by atoms with E-state index < -0.39 is 169 Å². The lowest BCUT2D eigenvalue weighted by Gasteiger charge is -2.28. The predicted octanol–water partition coefficient (Wildman–Crippen LogP) is -6.94. The Balaban J connectivity index is 6.52. The standard InChI is InChI=1S/C49H89N15O17/c1-22(2)17-30(58-39(71)25(7)51)42(74)61-33(21-65)45(77)64-38(27(9)67)47(79)60-32(19-35(69)70)43(75)57-28(14-12-16-54-49(52)53)40(72)55-20-34(68)56-29(13-10-11-15-50)41(73)63-37(26(8)66)46(78)59-31(18-23(3)4)44(76)62-36(24(5)6)48(80)81/h22-33,36-38,65-67H,10-21,50-51H2,1-9H3,(H,55,72)(H,56,68)(H,57,75)(H,58,71)(H,59,78)(H,60,79)(H,61,74)(H,62,76)(H,63,73)(H,64,77)(H,69,70)(H,80,81)(H4,52,53,54)/t25-,26+,27+,28-,29-,30-,31-,32-,33-,36-,37-,38-/m0/s1. The number of carboxylic acid groups (broad SMARTS) is 2. The second-order valence-electron chi connectivity index (χ2n) is 20.7. The third kappa shape index (κ3) is 29.1. The van der Waals surface area contributed by atoms with Crippen LogP contribution < -0.4 is 76.1 Å². The highest BCUT2D eigenvalue weighted by Gasteiger charge is 2.37. The van der Waals surface area contributed by atoms with E-state index in [1.54, 1.807) is 41.5 Å². The van der Waals surface area contributed by atoms with E-state index in [1.807, 2.05) is 0 Å². The van der Waals surface area contributed by atoms with Crippen molar-refractivity contribution in [1.29, 1.82) is 0 Å². The number of nitrogens with one attached hydrogen (secondary N) is 10. The van der Waals surface area contributed by atoms with Crippen LogP contribution in [0.2, 0.25) is 0 Å². The van der Waals surface area contributed by atoms with Gasteiger partial charge in [0, 0.05) is 6.54 Å². The van der Waals surface area contributed by atoms with Crippen LogP contribution in [-0.2, 0) is 57.5 Å². The molecule has 0 heterocycles. The molecule has 81 heavy (non-hydrogen) atoms. The highest BCUT2D eigenvalue weighted by molar-refractivity contribution is 5.99.